The van der Waals surface area contributed by atoms with Gasteiger partial charge in [0.05, 0.1) is 6.54 Å². The van der Waals surface area contributed by atoms with Crippen LogP contribution in [0.1, 0.15) is 45.4 Å². The van der Waals surface area contributed by atoms with Crippen LogP contribution >= 0.6 is 0 Å². The molecule has 1 fully saturated rings. The third kappa shape index (κ3) is 4.91. The first-order chi connectivity index (χ1) is 9.79. The molecule has 0 aromatic carbocycles. The smallest absolute Gasteiger partial charge is 0.234 e. The lowest BCUT2D eigenvalue weighted by Crippen LogP contribution is -2.44. The molecule has 0 spiro atoms. The van der Waals surface area contributed by atoms with Crippen molar-refractivity contribution in [1.29, 1.82) is 0 Å². The molecule has 0 radical (unpaired) electrons. The number of amides is 1. The molecule has 2 N–H and O–H groups in total. The average molecular weight is 279 g/mol. The van der Waals surface area contributed by atoms with Gasteiger partial charge in [0, 0.05) is 19.1 Å². The first-order valence-corrected chi connectivity index (χ1v) is 8.19. The highest BCUT2D eigenvalue weighted by Gasteiger charge is 2.22. The van der Waals surface area contributed by atoms with E-state index in [1.807, 2.05) is 0 Å². The minimum atomic E-state index is 0.176. The van der Waals surface area contributed by atoms with Crippen LogP contribution in [0.5, 0.6) is 0 Å². The summed E-state index contributed by atoms with van der Waals surface area (Å²) in [5, 5.41) is 6.44. The summed E-state index contributed by atoms with van der Waals surface area (Å²) in [6.45, 7) is 6.53. The Bertz CT molecular complexity index is 335. The molecule has 0 aromatic heterocycles. The van der Waals surface area contributed by atoms with Gasteiger partial charge in [0.15, 0.2) is 0 Å². The maximum Gasteiger partial charge on any atom is 0.234 e. The van der Waals surface area contributed by atoms with Crippen LogP contribution in [0.15, 0.2) is 11.6 Å². The second-order valence-electron chi connectivity index (χ2n) is 5.92. The Morgan fingerprint density at radius 3 is 3.05 bits per heavy atom. The van der Waals surface area contributed by atoms with Gasteiger partial charge in [-0.1, -0.05) is 18.6 Å². The predicted molar refractivity (Wildman–Crippen MR) is 82.7 cm³/mol. The molecule has 1 atom stereocenters. The van der Waals surface area contributed by atoms with E-state index in [0.29, 0.717) is 12.6 Å². The van der Waals surface area contributed by atoms with Gasteiger partial charge in [-0.25, -0.2) is 0 Å². The van der Waals surface area contributed by atoms with Crippen molar-refractivity contribution in [3.05, 3.63) is 11.6 Å². The molecule has 114 valence electrons. The number of hydrogen-bond acceptors (Lipinski definition) is 3. The van der Waals surface area contributed by atoms with Gasteiger partial charge in [0.25, 0.3) is 0 Å². The zero-order valence-electron chi connectivity index (χ0n) is 12.8. The van der Waals surface area contributed by atoms with E-state index >= 15 is 0 Å². The largest absolute Gasteiger partial charge is 0.355 e. The normalized spacial score (nSPS) is 22.9. The molecular weight excluding hydrogens is 250 g/mol. The molecule has 1 unspecified atom stereocenters. The summed E-state index contributed by atoms with van der Waals surface area (Å²) < 4.78 is 0. The number of allylic oxidation sites excluding steroid dienone is 1. The lowest BCUT2D eigenvalue weighted by molar-refractivity contribution is -0.122. The molecule has 4 nitrogen and oxygen atoms in total. The molecule has 4 heteroatoms. The second-order valence-corrected chi connectivity index (χ2v) is 5.92. The summed E-state index contributed by atoms with van der Waals surface area (Å²) in [5.41, 5.74) is 1.53. The fourth-order valence-electron chi connectivity index (χ4n) is 3.18. The van der Waals surface area contributed by atoms with Crippen LogP contribution in [0.4, 0.5) is 0 Å². The quantitative estimate of drug-likeness (QED) is 0.697. The minimum Gasteiger partial charge on any atom is -0.355 e. The summed E-state index contributed by atoms with van der Waals surface area (Å²) in [5.74, 6) is 0.176. The van der Waals surface area contributed by atoms with Gasteiger partial charge in [-0.2, -0.15) is 0 Å². The van der Waals surface area contributed by atoms with Crippen LogP contribution in [0.3, 0.4) is 0 Å². The summed E-state index contributed by atoms with van der Waals surface area (Å²) in [7, 11) is 0. The number of nitrogens with zero attached hydrogens (tertiary/aromatic N) is 1. The highest BCUT2D eigenvalue weighted by Crippen LogP contribution is 2.19. The predicted octanol–water partition coefficient (Wildman–Crippen LogP) is 1.68. The van der Waals surface area contributed by atoms with Crippen molar-refractivity contribution in [3.63, 3.8) is 0 Å². The summed E-state index contributed by atoms with van der Waals surface area (Å²) in [6, 6.07) is 0.534. The molecule has 0 aromatic rings. The van der Waals surface area contributed by atoms with Gasteiger partial charge < -0.3 is 10.6 Å². The Morgan fingerprint density at radius 2 is 2.40 bits per heavy atom. The second kappa shape index (κ2) is 8.42. The van der Waals surface area contributed by atoms with Crippen LogP contribution < -0.4 is 10.6 Å². The highest BCUT2D eigenvalue weighted by atomic mass is 16.2. The van der Waals surface area contributed by atoms with Crippen molar-refractivity contribution in [2.75, 3.05) is 32.7 Å². The Morgan fingerprint density at radius 1 is 1.50 bits per heavy atom. The van der Waals surface area contributed by atoms with Crippen molar-refractivity contribution < 1.29 is 4.79 Å². The fourth-order valence-corrected chi connectivity index (χ4v) is 3.18. The van der Waals surface area contributed by atoms with Crippen LogP contribution in [0.25, 0.3) is 0 Å². The Balaban J connectivity index is 1.64. The highest BCUT2D eigenvalue weighted by molar-refractivity contribution is 5.78. The van der Waals surface area contributed by atoms with Crippen LogP contribution in [-0.4, -0.2) is 49.6 Å². The molecule has 20 heavy (non-hydrogen) atoms. The van der Waals surface area contributed by atoms with E-state index in [0.717, 1.165) is 39.0 Å². The molecule has 2 aliphatic rings. The van der Waals surface area contributed by atoms with E-state index in [1.54, 1.807) is 0 Å². The van der Waals surface area contributed by atoms with Gasteiger partial charge in [-0.3, -0.25) is 9.69 Å². The van der Waals surface area contributed by atoms with E-state index < -0.39 is 0 Å². The summed E-state index contributed by atoms with van der Waals surface area (Å²) >= 11 is 0. The van der Waals surface area contributed by atoms with E-state index in [4.69, 9.17) is 0 Å². The van der Waals surface area contributed by atoms with Crippen molar-refractivity contribution in [2.24, 2.45) is 0 Å². The Hall–Kier alpha value is -0.870. The van der Waals surface area contributed by atoms with Crippen molar-refractivity contribution >= 4 is 5.91 Å². The van der Waals surface area contributed by atoms with Gasteiger partial charge in [-0.15, -0.1) is 0 Å². The molecule has 2 rings (SSSR count). The molecule has 0 saturated carbocycles. The molecule has 1 amide bonds. The van der Waals surface area contributed by atoms with E-state index in [1.165, 1.54) is 31.3 Å². The molecule has 1 aliphatic heterocycles. The molecule has 0 bridgehead atoms. The van der Waals surface area contributed by atoms with Crippen molar-refractivity contribution in [2.45, 2.75) is 51.5 Å². The molecule has 1 saturated heterocycles. The number of carbonyl (C=O) groups is 1. The number of hydrogen-bond donors (Lipinski definition) is 2. The fraction of sp³-hybridized carbons (Fsp3) is 0.812. The lowest BCUT2D eigenvalue weighted by Gasteiger charge is -2.26. The van der Waals surface area contributed by atoms with Gasteiger partial charge in [0.2, 0.25) is 5.91 Å². The topological polar surface area (TPSA) is 44.4 Å². The maximum atomic E-state index is 12.0. The Labute approximate surface area is 123 Å². The zero-order valence-corrected chi connectivity index (χ0v) is 12.8. The Kier molecular flexibility index (Phi) is 6.54. The van der Waals surface area contributed by atoms with Crippen LogP contribution in [0, 0.1) is 0 Å². The maximum absolute atomic E-state index is 12.0. The van der Waals surface area contributed by atoms with E-state index in [9.17, 15) is 4.79 Å². The number of carbonyl (C=O) groups excluding carboxylic acids is 1. The molecule has 1 heterocycles. The minimum absolute atomic E-state index is 0.176. The first-order valence-electron chi connectivity index (χ1n) is 8.19. The van der Waals surface area contributed by atoms with Crippen LogP contribution in [-0.2, 0) is 4.79 Å². The van der Waals surface area contributed by atoms with E-state index in [-0.39, 0.29) is 5.91 Å². The zero-order chi connectivity index (χ0) is 14.2. The summed E-state index contributed by atoms with van der Waals surface area (Å²) in [4.78, 5) is 14.3. The average Bonchev–Trinajstić information content (AvgIpc) is 3.00. The van der Waals surface area contributed by atoms with Gasteiger partial charge in [-0.05, 0) is 51.6 Å². The summed E-state index contributed by atoms with van der Waals surface area (Å²) in [6.07, 6.45) is 9.65. The number of rotatable bonds is 7. The lowest BCUT2D eigenvalue weighted by atomic mass is 9.97. The number of likely N-dealkylation sites (N-methyl/N-ethyl adjacent to an activating group) is 1. The molecule has 1 aliphatic carbocycles. The van der Waals surface area contributed by atoms with Gasteiger partial charge in [0.1, 0.15) is 0 Å². The van der Waals surface area contributed by atoms with E-state index in [2.05, 4.69) is 28.5 Å². The standard InChI is InChI=1S/C16H29N3O/c1-2-19(15-9-10-17-12-15)13-16(20)18-11-8-14-6-4-3-5-7-14/h6,15,17H,2-5,7-13H2,1H3,(H,18,20). The third-order valence-corrected chi connectivity index (χ3v) is 4.46. The first kappa shape index (κ1) is 15.5. The van der Waals surface area contributed by atoms with Crippen LogP contribution in [0.2, 0.25) is 0 Å². The number of nitrogens with one attached hydrogen (secondary N) is 2. The third-order valence-electron chi connectivity index (χ3n) is 4.46. The SMILES string of the molecule is CCN(CC(=O)NCCC1=CCCCC1)C1CCNC1. The molecular formula is C16H29N3O. The van der Waals surface area contributed by atoms with Crippen molar-refractivity contribution in [1.82, 2.24) is 15.5 Å². The van der Waals surface area contributed by atoms with Crippen molar-refractivity contribution in [3.8, 4) is 0 Å². The monoisotopic (exact) mass is 279 g/mol. The van der Waals surface area contributed by atoms with Gasteiger partial charge >= 0.3 is 0 Å².